The zero-order valence-electron chi connectivity index (χ0n) is 11.5. The van der Waals surface area contributed by atoms with Gasteiger partial charge in [-0.25, -0.2) is 0 Å². The van der Waals surface area contributed by atoms with Gasteiger partial charge < -0.3 is 8.85 Å². The topological polar surface area (TPSA) is 24.9 Å². The molecule has 1 aliphatic rings. The largest absolute Gasteiger partial charge is 0.524 e. The third-order valence-corrected chi connectivity index (χ3v) is 7.49. The van der Waals surface area contributed by atoms with E-state index in [9.17, 15) is 0 Å². The van der Waals surface area contributed by atoms with Crippen LogP contribution in [0.4, 0.5) is 0 Å². The Morgan fingerprint density at radius 3 is 1.62 bits per heavy atom. The lowest BCUT2D eigenvalue weighted by molar-refractivity contribution is -0.0337. The molecule has 2 atom stereocenters. The van der Waals surface area contributed by atoms with Crippen LogP contribution >= 0.6 is 0 Å². The van der Waals surface area contributed by atoms with E-state index in [0.717, 1.165) is 19.5 Å². The molecular weight excluding hydrogens is 220 g/mol. The Morgan fingerprint density at radius 2 is 1.38 bits per heavy atom. The summed E-state index contributed by atoms with van der Waals surface area (Å²) < 4.78 is 16.3. The summed E-state index contributed by atoms with van der Waals surface area (Å²) in [5.41, 5.74) is 0. The fourth-order valence-electron chi connectivity index (χ4n) is 2.26. The van der Waals surface area contributed by atoms with E-state index in [-0.39, 0.29) is 0 Å². The summed E-state index contributed by atoms with van der Waals surface area (Å²) in [6.45, 7) is 9.89. The van der Waals surface area contributed by atoms with E-state index in [1.807, 2.05) is 0 Å². The summed E-state index contributed by atoms with van der Waals surface area (Å²) >= 11 is 0. The van der Waals surface area contributed by atoms with Crippen molar-refractivity contribution in [2.24, 2.45) is 0 Å². The van der Waals surface area contributed by atoms with Crippen molar-refractivity contribution in [3.8, 4) is 0 Å². The van der Waals surface area contributed by atoms with E-state index in [2.05, 4.69) is 36.8 Å². The van der Waals surface area contributed by atoms with Gasteiger partial charge in [-0.05, 0) is 26.7 Å². The fraction of sp³-hybridized carbons (Fsp3) is 1.00. The molecule has 1 fully saturated rings. The normalized spacial score (nSPS) is 25.1. The monoisotopic (exact) mass is 246 g/mol. The highest BCUT2D eigenvalue weighted by atomic mass is 28.4. The summed E-state index contributed by atoms with van der Waals surface area (Å²) in [5, 5.41) is 0. The highest BCUT2D eigenvalue weighted by molar-refractivity contribution is 6.64. The molecule has 2 unspecified atom stereocenters. The van der Waals surface area contributed by atoms with E-state index in [1.165, 1.54) is 0 Å². The molecule has 0 saturated carbocycles. The van der Waals surface area contributed by atoms with Gasteiger partial charge in [0.2, 0.25) is 0 Å². The van der Waals surface area contributed by atoms with E-state index >= 15 is 0 Å². The molecule has 0 bridgehead atoms. The van der Waals surface area contributed by atoms with Crippen molar-refractivity contribution < 1.29 is 8.85 Å². The maximum atomic E-state index is 5.76. The van der Waals surface area contributed by atoms with Crippen molar-refractivity contribution in [3.05, 3.63) is 0 Å². The lowest BCUT2D eigenvalue weighted by Crippen LogP contribution is -2.83. The lowest BCUT2D eigenvalue weighted by atomic mass is 10.2. The first-order valence-electron chi connectivity index (χ1n) is 6.21. The van der Waals surface area contributed by atoms with Gasteiger partial charge in [-0.15, -0.1) is 0 Å². The summed E-state index contributed by atoms with van der Waals surface area (Å²) in [7, 11) is 1.30. The Labute approximate surface area is 101 Å². The van der Waals surface area contributed by atoms with E-state index in [0.29, 0.717) is 12.1 Å². The van der Waals surface area contributed by atoms with Crippen LogP contribution in [0.2, 0.25) is 0 Å². The SMILES string of the molecule is CCC(C)N1CN(C(C)CC)[Si]1(OC)OC. The Kier molecular flexibility index (Phi) is 4.94. The Morgan fingerprint density at radius 1 is 1.00 bits per heavy atom. The van der Waals surface area contributed by atoms with Crippen LogP contribution in [0.25, 0.3) is 0 Å². The third kappa shape index (κ3) is 2.07. The highest BCUT2D eigenvalue weighted by Crippen LogP contribution is 2.33. The quantitative estimate of drug-likeness (QED) is 0.668. The van der Waals surface area contributed by atoms with Crippen molar-refractivity contribution >= 4 is 8.88 Å². The molecule has 0 aromatic carbocycles. The summed E-state index contributed by atoms with van der Waals surface area (Å²) in [6, 6.07) is 1.07. The number of rotatable bonds is 6. The van der Waals surface area contributed by atoms with Crippen molar-refractivity contribution in [1.82, 2.24) is 9.13 Å². The molecule has 0 radical (unpaired) electrons. The number of hydrogen-bond donors (Lipinski definition) is 0. The van der Waals surface area contributed by atoms with Gasteiger partial charge in [0.1, 0.15) is 0 Å². The number of nitrogens with zero attached hydrogens (tertiary/aromatic N) is 2. The first kappa shape index (κ1) is 14.1. The van der Waals surface area contributed by atoms with E-state index < -0.39 is 8.88 Å². The van der Waals surface area contributed by atoms with Crippen LogP contribution in [-0.2, 0) is 8.85 Å². The van der Waals surface area contributed by atoms with Gasteiger partial charge in [0.05, 0.1) is 0 Å². The van der Waals surface area contributed by atoms with Gasteiger partial charge in [0, 0.05) is 33.0 Å². The van der Waals surface area contributed by atoms with Crippen LogP contribution in [0.3, 0.4) is 0 Å². The van der Waals surface area contributed by atoms with E-state index in [1.54, 1.807) is 14.2 Å². The van der Waals surface area contributed by atoms with Crippen molar-refractivity contribution in [1.29, 1.82) is 0 Å². The first-order chi connectivity index (χ1) is 7.57. The van der Waals surface area contributed by atoms with Crippen LogP contribution < -0.4 is 0 Å². The van der Waals surface area contributed by atoms with Crippen LogP contribution in [-0.4, -0.2) is 51.0 Å². The van der Waals surface area contributed by atoms with Crippen LogP contribution in [0.15, 0.2) is 0 Å². The molecule has 1 heterocycles. The Hall–Kier alpha value is 0.0569. The lowest BCUT2D eigenvalue weighted by Gasteiger charge is -2.58. The van der Waals surface area contributed by atoms with Crippen molar-refractivity contribution in [2.45, 2.75) is 52.6 Å². The molecule has 0 amide bonds. The average Bonchev–Trinajstić information content (AvgIpc) is 2.29. The summed E-state index contributed by atoms with van der Waals surface area (Å²) in [4.78, 5) is 0. The first-order valence-corrected chi connectivity index (χ1v) is 7.92. The molecule has 5 heteroatoms. The second kappa shape index (κ2) is 5.60. The van der Waals surface area contributed by atoms with Gasteiger partial charge in [-0.2, -0.15) is 0 Å². The van der Waals surface area contributed by atoms with Crippen LogP contribution in [0.1, 0.15) is 40.5 Å². The number of hydrogen-bond acceptors (Lipinski definition) is 4. The molecule has 0 aliphatic carbocycles. The second-order valence-electron chi connectivity index (χ2n) is 4.55. The predicted octanol–water partition coefficient (Wildman–Crippen LogP) is 1.89. The van der Waals surface area contributed by atoms with Crippen LogP contribution in [0.5, 0.6) is 0 Å². The smallest absolute Gasteiger partial charge is 0.374 e. The maximum Gasteiger partial charge on any atom is 0.524 e. The van der Waals surface area contributed by atoms with Gasteiger partial charge in [-0.1, -0.05) is 13.8 Å². The minimum absolute atomic E-state index is 0.534. The van der Waals surface area contributed by atoms with Gasteiger partial charge in [0.15, 0.2) is 0 Å². The van der Waals surface area contributed by atoms with Gasteiger partial charge >= 0.3 is 8.88 Å². The molecule has 16 heavy (non-hydrogen) atoms. The Bertz CT molecular complexity index is 206. The third-order valence-electron chi connectivity index (χ3n) is 3.81. The second-order valence-corrected chi connectivity index (χ2v) is 7.61. The molecule has 1 aliphatic heterocycles. The molecular formula is C11H26N2O2Si. The molecule has 0 N–H and O–H groups in total. The molecule has 0 aromatic heterocycles. The van der Waals surface area contributed by atoms with Gasteiger partial charge in [0.25, 0.3) is 0 Å². The maximum absolute atomic E-state index is 5.76. The van der Waals surface area contributed by atoms with Gasteiger partial charge in [-0.3, -0.25) is 9.13 Å². The van der Waals surface area contributed by atoms with Crippen molar-refractivity contribution in [2.75, 3.05) is 20.9 Å². The molecule has 0 spiro atoms. The van der Waals surface area contributed by atoms with E-state index in [4.69, 9.17) is 8.85 Å². The van der Waals surface area contributed by atoms with Crippen molar-refractivity contribution in [3.63, 3.8) is 0 Å². The predicted molar refractivity (Wildman–Crippen MR) is 67.8 cm³/mol. The molecule has 4 nitrogen and oxygen atoms in total. The summed E-state index contributed by atoms with van der Waals surface area (Å²) in [6.07, 6.45) is 2.27. The molecule has 1 saturated heterocycles. The molecule has 0 aromatic rings. The molecule has 1 rings (SSSR count). The standard InChI is InChI=1S/C11H26N2O2Si/c1-7-10(3)12-9-13(11(4)8-2)16(12,14-5)15-6/h10-11H,7-9H2,1-6H3. The zero-order valence-corrected chi connectivity index (χ0v) is 12.5. The summed E-state index contributed by atoms with van der Waals surface area (Å²) in [5.74, 6) is 0. The minimum atomic E-state index is -2.25. The Balaban J connectivity index is 2.80. The van der Waals surface area contributed by atoms with Crippen LogP contribution in [0, 0.1) is 0 Å². The highest BCUT2D eigenvalue weighted by Gasteiger charge is 2.62. The average molecular weight is 246 g/mol. The molecule has 96 valence electrons. The fourth-order valence-corrected chi connectivity index (χ4v) is 5.61. The minimum Gasteiger partial charge on any atom is -0.374 e. The zero-order chi connectivity index (χ0) is 12.3.